The predicted octanol–water partition coefficient (Wildman–Crippen LogP) is 0.676. The standard InChI is InChI=1S/C17H29N5O2/c1-3-21(4-2)17(24)14-19-10-12-22(13-11-19)16(23)6-5-8-20-9-7-18-15-20/h7,9,15H,3-6,8,10-14H2,1-2H3. The molecular formula is C17H29N5O2. The normalized spacial score (nSPS) is 15.5. The van der Waals surface area contributed by atoms with Crippen LogP contribution in [0.1, 0.15) is 26.7 Å². The molecule has 0 radical (unpaired) electrons. The maximum Gasteiger partial charge on any atom is 0.236 e. The summed E-state index contributed by atoms with van der Waals surface area (Å²) in [6, 6.07) is 0. The van der Waals surface area contributed by atoms with Crippen LogP contribution in [0.25, 0.3) is 0 Å². The minimum absolute atomic E-state index is 0.181. The molecule has 0 aliphatic carbocycles. The average molecular weight is 335 g/mol. The van der Waals surface area contributed by atoms with Crippen molar-refractivity contribution >= 4 is 11.8 Å². The van der Waals surface area contributed by atoms with Gasteiger partial charge in [0, 0.05) is 64.6 Å². The molecule has 0 unspecified atom stereocenters. The molecule has 2 rings (SSSR count). The van der Waals surface area contributed by atoms with Crippen LogP contribution >= 0.6 is 0 Å². The highest BCUT2D eigenvalue weighted by atomic mass is 16.2. The van der Waals surface area contributed by atoms with Crippen LogP contribution in [-0.4, -0.2) is 81.9 Å². The number of piperazine rings is 1. The van der Waals surface area contributed by atoms with Crippen LogP contribution in [-0.2, 0) is 16.1 Å². The molecule has 2 heterocycles. The molecule has 0 spiro atoms. The van der Waals surface area contributed by atoms with Crippen LogP contribution < -0.4 is 0 Å². The van der Waals surface area contributed by atoms with Crippen LogP contribution in [0.15, 0.2) is 18.7 Å². The first-order valence-corrected chi connectivity index (χ1v) is 8.87. The topological polar surface area (TPSA) is 61.7 Å². The molecule has 134 valence electrons. The lowest BCUT2D eigenvalue weighted by molar-refractivity contribution is -0.135. The number of imidazole rings is 1. The van der Waals surface area contributed by atoms with E-state index in [-0.39, 0.29) is 11.8 Å². The number of rotatable bonds is 8. The number of nitrogens with zero attached hydrogens (tertiary/aromatic N) is 5. The summed E-state index contributed by atoms with van der Waals surface area (Å²) in [4.78, 5) is 34.3. The second kappa shape index (κ2) is 9.42. The monoisotopic (exact) mass is 335 g/mol. The zero-order valence-corrected chi connectivity index (χ0v) is 14.9. The van der Waals surface area contributed by atoms with E-state index in [1.54, 1.807) is 12.5 Å². The Morgan fingerprint density at radius 3 is 2.42 bits per heavy atom. The second-order valence-corrected chi connectivity index (χ2v) is 6.13. The van der Waals surface area contributed by atoms with Gasteiger partial charge in [-0.05, 0) is 20.3 Å². The van der Waals surface area contributed by atoms with Gasteiger partial charge in [0.25, 0.3) is 0 Å². The summed E-state index contributed by atoms with van der Waals surface area (Å²) in [5.74, 6) is 0.393. The molecule has 7 nitrogen and oxygen atoms in total. The number of hydrogen-bond acceptors (Lipinski definition) is 4. The molecule has 1 aliphatic rings. The quantitative estimate of drug-likeness (QED) is 0.701. The van der Waals surface area contributed by atoms with E-state index in [2.05, 4.69) is 9.88 Å². The molecular weight excluding hydrogens is 306 g/mol. The fraction of sp³-hybridized carbons (Fsp3) is 0.706. The first kappa shape index (κ1) is 18.4. The molecule has 0 N–H and O–H groups in total. The van der Waals surface area contributed by atoms with E-state index < -0.39 is 0 Å². The second-order valence-electron chi connectivity index (χ2n) is 6.13. The summed E-state index contributed by atoms with van der Waals surface area (Å²) in [7, 11) is 0. The van der Waals surface area contributed by atoms with Crippen molar-refractivity contribution in [1.82, 2.24) is 24.3 Å². The molecule has 0 aromatic carbocycles. The molecule has 0 bridgehead atoms. The zero-order valence-electron chi connectivity index (χ0n) is 14.9. The number of aryl methyl sites for hydroxylation is 1. The van der Waals surface area contributed by atoms with Crippen molar-refractivity contribution in [2.75, 3.05) is 45.8 Å². The highest BCUT2D eigenvalue weighted by Crippen LogP contribution is 2.07. The first-order valence-electron chi connectivity index (χ1n) is 8.87. The maximum absolute atomic E-state index is 12.3. The molecule has 7 heteroatoms. The van der Waals surface area contributed by atoms with Crippen molar-refractivity contribution < 1.29 is 9.59 Å². The van der Waals surface area contributed by atoms with Gasteiger partial charge in [0.2, 0.25) is 11.8 Å². The van der Waals surface area contributed by atoms with Crippen LogP contribution in [0.5, 0.6) is 0 Å². The van der Waals surface area contributed by atoms with Crippen molar-refractivity contribution in [3.8, 4) is 0 Å². The van der Waals surface area contributed by atoms with Crippen molar-refractivity contribution in [3.63, 3.8) is 0 Å². The van der Waals surface area contributed by atoms with Gasteiger partial charge in [0.15, 0.2) is 0 Å². The fourth-order valence-electron chi connectivity index (χ4n) is 3.01. The van der Waals surface area contributed by atoms with Crippen molar-refractivity contribution in [2.24, 2.45) is 0 Å². The Bertz CT molecular complexity index is 505. The Kier molecular flexibility index (Phi) is 7.24. The van der Waals surface area contributed by atoms with Gasteiger partial charge in [-0.3, -0.25) is 14.5 Å². The molecule has 1 fully saturated rings. The van der Waals surface area contributed by atoms with E-state index in [4.69, 9.17) is 0 Å². The average Bonchev–Trinajstić information content (AvgIpc) is 3.10. The highest BCUT2D eigenvalue weighted by Gasteiger charge is 2.23. The summed E-state index contributed by atoms with van der Waals surface area (Å²) in [6.07, 6.45) is 6.83. The van der Waals surface area contributed by atoms with Crippen LogP contribution in [0.4, 0.5) is 0 Å². The van der Waals surface area contributed by atoms with E-state index in [1.807, 2.05) is 34.4 Å². The molecule has 1 aromatic rings. The fourth-order valence-corrected chi connectivity index (χ4v) is 3.01. The van der Waals surface area contributed by atoms with Gasteiger partial charge in [0.05, 0.1) is 12.9 Å². The summed E-state index contributed by atoms with van der Waals surface area (Å²) in [5, 5.41) is 0. The number of hydrogen-bond donors (Lipinski definition) is 0. The van der Waals surface area contributed by atoms with Gasteiger partial charge in [0.1, 0.15) is 0 Å². The van der Waals surface area contributed by atoms with Crippen molar-refractivity contribution in [1.29, 1.82) is 0 Å². The molecule has 24 heavy (non-hydrogen) atoms. The van der Waals surface area contributed by atoms with Crippen LogP contribution in [0.3, 0.4) is 0 Å². The number of carbonyl (C=O) groups excluding carboxylic acids is 2. The Hall–Kier alpha value is -1.89. The third kappa shape index (κ3) is 5.33. The van der Waals surface area contributed by atoms with Gasteiger partial charge in [-0.2, -0.15) is 0 Å². The predicted molar refractivity (Wildman–Crippen MR) is 92.4 cm³/mol. The summed E-state index contributed by atoms with van der Waals surface area (Å²) < 4.78 is 1.99. The molecule has 1 aromatic heterocycles. The Morgan fingerprint density at radius 2 is 1.83 bits per heavy atom. The van der Waals surface area contributed by atoms with Crippen LogP contribution in [0, 0.1) is 0 Å². The minimum Gasteiger partial charge on any atom is -0.342 e. The summed E-state index contributed by atoms with van der Waals surface area (Å²) in [5.41, 5.74) is 0. The Balaban J connectivity index is 1.66. The lowest BCUT2D eigenvalue weighted by Crippen LogP contribution is -2.51. The van der Waals surface area contributed by atoms with Gasteiger partial charge < -0.3 is 14.4 Å². The van der Waals surface area contributed by atoms with E-state index in [1.165, 1.54) is 0 Å². The SMILES string of the molecule is CCN(CC)C(=O)CN1CCN(C(=O)CCCn2ccnc2)CC1. The third-order valence-electron chi connectivity index (χ3n) is 4.57. The lowest BCUT2D eigenvalue weighted by Gasteiger charge is -2.35. The van der Waals surface area contributed by atoms with Gasteiger partial charge in [-0.25, -0.2) is 4.98 Å². The Morgan fingerprint density at radius 1 is 1.12 bits per heavy atom. The van der Waals surface area contributed by atoms with Crippen LogP contribution in [0.2, 0.25) is 0 Å². The zero-order chi connectivity index (χ0) is 17.4. The van der Waals surface area contributed by atoms with Gasteiger partial charge in [-0.1, -0.05) is 0 Å². The lowest BCUT2D eigenvalue weighted by atomic mass is 10.2. The third-order valence-corrected chi connectivity index (χ3v) is 4.57. The molecule has 2 amide bonds. The molecule has 0 atom stereocenters. The number of amides is 2. The number of carbonyl (C=O) groups is 2. The summed E-state index contributed by atoms with van der Waals surface area (Å²) in [6.45, 7) is 9.79. The smallest absolute Gasteiger partial charge is 0.236 e. The highest BCUT2D eigenvalue weighted by molar-refractivity contribution is 5.78. The van der Waals surface area contributed by atoms with Crippen molar-refractivity contribution in [3.05, 3.63) is 18.7 Å². The molecule has 0 saturated carbocycles. The van der Waals surface area contributed by atoms with E-state index in [0.29, 0.717) is 13.0 Å². The van der Waals surface area contributed by atoms with Crippen molar-refractivity contribution in [2.45, 2.75) is 33.2 Å². The summed E-state index contributed by atoms with van der Waals surface area (Å²) >= 11 is 0. The molecule has 1 aliphatic heterocycles. The number of aromatic nitrogens is 2. The van der Waals surface area contributed by atoms with E-state index >= 15 is 0 Å². The first-order chi connectivity index (χ1) is 11.6. The van der Waals surface area contributed by atoms with Gasteiger partial charge in [-0.15, -0.1) is 0 Å². The maximum atomic E-state index is 12.3. The van der Waals surface area contributed by atoms with E-state index in [0.717, 1.165) is 52.2 Å². The minimum atomic E-state index is 0.181. The largest absolute Gasteiger partial charge is 0.342 e. The molecule has 1 saturated heterocycles. The van der Waals surface area contributed by atoms with E-state index in [9.17, 15) is 9.59 Å². The number of likely N-dealkylation sites (N-methyl/N-ethyl adjacent to an activating group) is 1. The van der Waals surface area contributed by atoms with Gasteiger partial charge >= 0.3 is 0 Å². The Labute approximate surface area is 144 Å².